The molecule has 13 heavy (non-hydrogen) atoms. The molecule has 0 aliphatic heterocycles. The van der Waals surface area contributed by atoms with Gasteiger partial charge in [0.25, 0.3) is 0 Å². The molecule has 2 nitrogen and oxygen atoms in total. The second kappa shape index (κ2) is 4.64. The minimum absolute atomic E-state index is 0.131. The average molecular weight is 183 g/mol. The van der Waals surface area contributed by atoms with Crippen molar-refractivity contribution in [2.45, 2.75) is 46.0 Å². The van der Waals surface area contributed by atoms with Gasteiger partial charge in [-0.3, -0.25) is 4.79 Å². The van der Waals surface area contributed by atoms with E-state index < -0.39 is 0 Å². The molecule has 0 aromatic heterocycles. The highest BCUT2D eigenvalue weighted by molar-refractivity contribution is 5.73. The van der Waals surface area contributed by atoms with Crippen molar-refractivity contribution in [1.82, 2.24) is 0 Å². The minimum Gasteiger partial charge on any atom is -0.370 e. The van der Waals surface area contributed by atoms with Gasteiger partial charge in [0.05, 0.1) is 0 Å². The summed E-state index contributed by atoms with van der Waals surface area (Å²) in [6.07, 6.45) is 5.58. The van der Waals surface area contributed by atoms with Crippen LogP contribution in [0.5, 0.6) is 0 Å². The van der Waals surface area contributed by atoms with Crippen molar-refractivity contribution in [2.24, 2.45) is 23.5 Å². The molecule has 0 radical (unpaired) electrons. The zero-order valence-corrected chi connectivity index (χ0v) is 8.75. The van der Waals surface area contributed by atoms with Crippen LogP contribution in [0.1, 0.15) is 46.0 Å². The lowest BCUT2D eigenvalue weighted by atomic mass is 9.76. The van der Waals surface area contributed by atoms with Crippen LogP contribution in [-0.4, -0.2) is 5.91 Å². The molecule has 0 spiro atoms. The zero-order chi connectivity index (χ0) is 9.84. The van der Waals surface area contributed by atoms with E-state index in [1.807, 2.05) is 0 Å². The Labute approximate surface area is 80.9 Å². The Kier molecular flexibility index (Phi) is 3.76. The highest BCUT2D eigenvalue weighted by Crippen LogP contribution is 2.34. The standard InChI is InChI=1S/C11H21NO/c1-8(2)10-5-3-9(4-6-10)7-11(12)13/h8-10H,3-7H2,1-2H3,(H2,12,13)/t9-,10-. The lowest BCUT2D eigenvalue weighted by Crippen LogP contribution is -2.23. The third-order valence-corrected chi connectivity index (χ3v) is 3.32. The second-order valence-corrected chi connectivity index (χ2v) is 4.70. The van der Waals surface area contributed by atoms with Crippen LogP contribution >= 0.6 is 0 Å². The molecule has 0 unspecified atom stereocenters. The van der Waals surface area contributed by atoms with Crippen LogP contribution in [0, 0.1) is 17.8 Å². The van der Waals surface area contributed by atoms with Crippen LogP contribution in [0.2, 0.25) is 0 Å². The number of carbonyl (C=O) groups is 1. The molecule has 0 atom stereocenters. The largest absolute Gasteiger partial charge is 0.370 e. The van der Waals surface area contributed by atoms with Crippen LogP contribution < -0.4 is 5.73 Å². The minimum atomic E-state index is -0.131. The molecule has 1 aliphatic carbocycles. The van der Waals surface area contributed by atoms with Crippen LogP contribution in [0.4, 0.5) is 0 Å². The SMILES string of the molecule is CC(C)[C@H]1CC[C@H](CC(N)=O)CC1. The second-order valence-electron chi connectivity index (χ2n) is 4.70. The first kappa shape index (κ1) is 10.6. The Balaban J connectivity index is 2.26. The maximum Gasteiger partial charge on any atom is 0.217 e. The zero-order valence-electron chi connectivity index (χ0n) is 8.75. The maximum atomic E-state index is 10.7. The average Bonchev–Trinajstić information content (AvgIpc) is 2.04. The summed E-state index contributed by atoms with van der Waals surface area (Å²) in [5.74, 6) is 2.12. The van der Waals surface area contributed by atoms with Crippen LogP contribution in [0.3, 0.4) is 0 Å². The van der Waals surface area contributed by atoms with Crippen LogP contribution in [-0.2, 0) is 4.79 Å². The van der Waals surface area contributed by atoms with Crippen molar-refractivity contribution in [1.29, 1.82) is 0 Å². The summed E-state index contributed by atoms with van der Waals surface area (Å²) in [4.78, 5) is 10.7. The molecule has 1 saturated carbocycles. The number of amides is 1. The fourth-order valence-corrected chi connectivity index (χ4v) is 2.34. The van der Waals surface area contributed by atoms with E-state index in [4.69, 9.17) is 5.73 Å². The van der Waals surface area contributed by atoms with Crippen LogP contribution in [0.25, 0.3) is 0 Å². The molecule has 1 aliphatic rings. The lowest BCUT2D eigenvalue weighted by molar-refractivity contribution is -0.119. The molecule has 0 saturated heterocycles. The molecule has 0 bridgehead atoms. The summed E-state index contributed by atoms with van der Waals surface area (Å²) in [6.45, 7) is 4.58. The Morgan fingerprint density at radius 1 is 1.31 bits per heavy atom. The van der Waals surface area contributed by atoms with Crippen molar-refractivity contribution in [2.75, 3.05) is 0 Å². The van der Waals surface area contributed by atoms with E-state index in [9.17, 15) is 4.79 Å². The van der Waals surface area contributed by atoms with Crippen molar-refractivity contribution >= 4 is 5.91 Å². The summed E-state index contributed by atoms with van der Waals surface area (Å²) >= 11 is 0. The molecule has 2 heteroatoms. The van der Waals surface area contributed by atoms with Gasteiger partial charge in [-0.05, 0) is 43.4 Å². The highest BCUT2D eigenvalue weighted by atomic mass is 16.1. The molecule has 1 rings (SSSR count). The van der Waals surface area contributed by atoms with Gasteiger partial charge in [0, 0.05) is 6.42 Å². The fourth-order valence-electron chi connectivity index (χ4n) is 2.34. The summed E-state index contributed by atoms with van der Waals surface area (Å²) in [5, 5.41) is 0. The number of primary amides is 1. The monoisotopic (exact) mass is 183 g/mol. The van der Waals surface area contributed by atoms with Gasteiger partial charge in [0.15, 0.2) is 0 Å². The third kappa shape index (κ3) is 3.37. The molecule has 0 heterocycles. The number of rotatable bonds is 3. The predicted molar refractivity (Wildman–Crippen MR) is 54.1 cm³/mol. The Hall–Kier alpha value is -0.530. The highest BCUT2D eigenvalue weighted by Gasteiger charge is 2.23. The summed E-state index contributed by atoms with van der Waals surface area (Å²) in [5.41, 5.74) is 5.18. The smallest absolute Gasteiger partial charge is 0.217 e. The molecule has 1 amide bonds. The van der Waals surface area contributed by atoms with Crippen molar-refractivity contribution in [3.63, 3.8) is 0 Å². The van der Waals surface area contributed by atoms with E-state index >= 15 is 0 Å². The van der Waals surface area contributed by atoms with Gasteiger partial charge in [-0.1, -0.05) is 13.8 Å². The fraction of sp³-hybridized carbons (Fsp3) is 0.909. The van der Waals surface area contributed by atoms with E-state index in [2.05, 4.69) is 13.8 Å². The van der Waals surface area contributed by atoms with Gasteiger partial charge < -0.3 is 5.73 Å². The van der Waals surface area contributed by atoms with Gasteiger partial charge in [-0.25, -0.2) is 0 Å². The van der Waals surface area contributed by atoms with Gasteiger partial charge in [0.1, 0.15) is 0 Å². The number of nitrogens with two attached hydrogens (primary N) is 1. The first-order valence-corrected chi connectivity index (χ1v) is 5.38. The topological polar surface area (TPSA) is 43.1 Å². The van der Waals surface area contributed by atoms with Gasteiger partial charge >= 0.3 is 0 Å². The summed E-state index contributed by atoms with van der Waals surface area (Å²) < 4.78 is 0. The van der Waals surface area contributed by atoms with Crippen molar-refractivity contribution in [3.05, 3.63) is 0 Å². The van der Waals surface area contributed by atoms with Crippen molar-refractivity contribution in [3.8, 4) is 0 Å². The molecule has 1 fully saturated rings. The first-order chi connectivity index (χ1) is 6.09. The summed E-state index contributed by atoms with van der Waals surface area (Å²) in [7, 11) is 0. The summed E-state index contributed by atoms with van der Waals surface area (Å²) in [6, 6.07) is 0. The number of carbonyl (C=O) groups excluding carboxylic acids is 1. The molecule has 76 valence electrons. The Morgan fingerprint density at radius 3 is 2.23 bits per heavy atom. The van der Waals surface area contributed by atoms with Gasteiger partial charge in [-0.15, -0.1) is 0 Å². The lowest BCUT2D eigenvalue weighted by Gasteiger charge is -2.30. The molecule has 2 N–H and O–H groups in total. The molecule has 0 aromatic carbocycles. The number of hydrogen-bond acceptors (Lipinski definition) is 1. The third-order valence-electron chi connectivity index (χ3n) is 3.32. The van der Waals surface area contributed by atoms with Gasteiger partial charge in [-0.2, -0.15) is 0 Å². The Bertz CT molecular complexity index is 169. The Morgan fingerprint density at radius 2 is 1.85 bits per heavy atom. The van der Waals surface area contributed by atoms with Gasteiger partial charge in [0.2, 0.25) is 5.91 Å². The van der Waals surface area contributed by atoms with E-state index in [-0.39, 0.29) is 5.91 Å². The number of hydrogen-bond donors (Lipinski definition) is 1. The predicted octanol–water partition coefficient (Wildman–Crippen LogP) is 2.32. The van der Waals surface area contributed by atoms with Crippen LogP contribution in [0.15, 0.2) is 0 Å². The first-order valence-electron chi connectivity index (χ1n) is 5.38. The quantitative estimate of drug-likeness (QED) is 0.717. The normalized spacial score (nSPS) is 29.2. The van der Waals surface area contributed by atoms with Crippen molar-refractivity contribution < 1.29 is 4.79 Å². The molecule has 0 aromatic rings. The van der Waals surface area contributed by atoms with E-state index in [0.29, 0.717) is 12.3 Å². The molecular weight excluding hydrogens is 162 g/mol. The van der Waals surface area contributed by atoms with E-state index in [1.54, 1.807) is 0 Å². The maximum absolute atomic E-state index is 10.7. The van der Waals surface area contributed by atoms with E-state index in [0.717, 1.165) is 11.8 Å². The van der Waals surface area contributed by atoms with E-state index in [1.165, 1.54) is 25.7 Å². The molecular formula is C11H21NO.